The molecule has 0 spiro atoms. The molecule has 0 amide bonds. The van der Waals surface area contributed by atoms with E-state index in [0.717, 1.165) is 0 Å². The molecule has 0 aliphatic carbocycles. The molecule has 0 aromatic heterocycles. The molecule has 6 heteroatoms. The van der Waals surface area contributed by atoms with E-state index < -0.39 is 6.10 Å². The first kappa shape index (κ1) is 20.1. The zero-order valence-electron chi connectivity index (χ0n) is 11.4. The van der Waals surface area contributed by atoms with Crippen molar-refractivity contribution in [3.05, 3.63) is 0 Å². The summed E-state index contributed by atoms with van der Waals surface area (Å²) in [5.74, 6) is 0. The van der Waals surface area contributed by atoms with Crippen molar-refractivity contribution < 1.29 is 29.9 Å². The highest BCUT2D eigenvalue weighted by molar-refractivity contribution is 4.47. The molecule has 0 aliphatic heterocycles. The predicted octanol–water partition coefficient (Wildman–Crippen LogP) is -0.468. The van der Waals surface area contributed by atoms with E-state index in [2.05, 4.69) is 0 Å². The van der Waals surface area contributed by atoms with Gasteiger partial charge < -0.3 is 29.9 Å². The Balaban J connectivity index is 0. The Morgan fingerprint density at radius 3 is 1.78 bits per heavy atom. The van der Waals surface area contributed by atoms with Gasteiger partial charge in [-0.2, -0.15) is 0 Å². The molecule has 0 fully saturated rings. The lowest BCUT2D eigenvalue weighted by Gasteiger charge is -2.10. The SMILES string of the molecule is CC(O)COC(C)CO.OCCCOCCCO. The van der Waals surface area contributed by atoms with Crippen molar-refractivity contribution >= 4 is 0 Å². The van der Waals surface area contributed by atoms with Gasteiger partial charge in [0.15, 0.2) is 0 Å². The van der Waals surface area contributed by atoms with Gasteiger partial charge in [0.25, 0.3) is 0 Å². The molecule has 0 rings (SSSR count). The van der Waals surface area contributed by atoms with Gasteiger partial charge in [0.2, 0.25) is 0 Å². The lowest BCUT2D eigenvalue weighted by Crippen LogP contribution is -2.19. The molecule has 0 aromatic carbocycles. The van der Waals surface area contributed by atoms with E-state index >= 15 is 0 Å². The first-order chi connectivity index (χ1) is 8.58. The quantitative estimate of drug-likeness (QED) is 0.400. The van der Waals surface area contributed by atoms with Crippen LogP contribution in [0.2, 0.25) is 0 Å². The summed E-state index contributed by atoms with van der Waals surface area (Å²) in [6, 6.07) is 0. The third kappa shape index (κ3) is 21.1. The molecule has 4 N–H and O–H groups in total. The Kier molecular flexibility index (Phi) is 18.7. The largest absolute Gasteiger partial charge is 0.396 e. The minimum atomic E-state index is -0.445. The number of rotatable bonds is 10. The maximum Gasteiger partial charge on any atom is 0.0779 e. The number of ether oxygens (including phenoxy) is 2. The molecule has 6 nitrogen and oxygen atoms in total. The van der Waals surface area contributed by atoms with Crippen LogP contribution in [0.5, 0.6) is 0 Å². The lowest BCUT2D eigenvalue weighted by atomic mass is 10.4. The number of aliphatic hydroxyl groups is 4. The van der Waals surface area contributed by atoms with Crippen LogP contribution in [0, 0.1) is 0 Å². The zero-order chi connectivity index (χ0) is 14.2. The van der Waals surface area contributed by atoms with Gasteiger partial charge in [-0.05, 0) is 26.7 Å². The molecule has 2 unspecified atom stereocenters. The van der Waals surface area contributed by atoms with E-state index in [1.807, 2.05) is 0 Å². The van der Waals surface area contributed by atoms with Gasteiger partial charge in [-0.25, -0.2) is 0 Å². The molecule has 0 saturated carbocycles. The second kappa shape index (κ2) is 16.8. The third-order valence-corrected chi connectivity index (χ3v) is 1.77. The van der Waals surface area contributed by atoms with Crippen LogP contribution in [0.15, 0.2) is 0 Å². The number of hydrogen-bond acceptors (Lipinski definition) is 6. The van der Waals surface area contributed by atoms with Crippen LogP contribution in [0.1, 0.15) is 26.7 Å². The van der Waals surface area contributed by atoms with Gasteiger partial charge in [-0.1, -0.05) is 0 Å². The van der Waals surface area contributed by atoms with Crippen molar-refractivity contribution in [1.82, 2.24) is 0 Å². The van der Waals surface area contributed by atoms with Gasteiger partial charge in [0.05, 0.1) is 25.4 Å². The molecule has 112 valence electrons. The molecule has 0 radical (unpaired) electrons. The molecular weight excluding hydrogens is 240 g/mol. The molecule has 0 aliphatic rings. The summed E-state index contributed by atoms with van der Waals surface area (Å²) in [4.78, 5) is 0. The second-order valence-electron chi connectivity index (χ2n) is 3.94. The van der Waals surface area contributed by atoms with Crippen LogP contribution in [-0.2, 0) is 9.47 Å². The van der Waals surface area contributed by atoms with Crippen molar-refractivity contribution in [2.45, 2.75) is 38.9 Å². The highest BCUT2D eigenvalue weighted by Crippen LogP contribution is 1.90. The summed E-state index contributed by atoms with van der Waals surface area (Å²) in [5, 5.41) is 33.7. The Labute approximate surface area is 109 Å². The topological polar surface area (TPSA) is 99.4 Å². The van der Waals surface area contributed by atoms with Crippen molar-refractivity contribution in [2.75, 3.05) is 39.6 Å². The van der Waals surface area contributed by atoms with Gasteiger partial charge in [-0.3, -0.25) is 0 Å². The summed E-state index contributed by atoms with van der Waals surface area (Å²) in [5.41, 5.74) is 0. The maximum absolute atomic E-state index is 8.69. The lowest BCUT2D eigenvalue weighted by molar-refractivity contribution is -0.0177. The Bertz CT molecular complexity index is 137. The van der Waals surface area contributed by atoms with Gasteiger partial charge in [0.1, 0.15) is 0 Å². The summed E-state index contributed by atoms with van der Waals surface area (Å²) in [7, 11) is 0. The summed E-state index contributed by atoms with van der Waals surface area (Å²) in [6.45, 7) is 5.24. The minimum Gasteiger partial charge on any atom is -0.396 e. The Morgan fingerprint density at radius 1 is 0.944 bits per heavy atom. The van der Waals surface area contributed by atoms with Crippen LogP contribution in [0.3, 0.4) is 0 Å². The van der Waals surface area contributed by atoms with Crippen LogP contribution < -0.4 is 0 Å². The molecule has 2 atom stereocenters. The van der Waals surface area contributed by atoms with Crippen LogP contribution in [-0.4, -0.2) is 72.3 Å². The first-order valence-corrected chi connectivity index (χ1v) is 6.28. The van der Waals surface area contributed by atoms with E-state index in [4.69, 9.17) is 29.9 Å². The molecular formula is C12H28O6. The van der Waals surface area contributed by atoms with Gasteiger partial charge >= 0.3 is 0 Å². The minimum absolute atomic E-state index is 0.00667. The average Bonchev–Trinajstić information content (AvgIpc) is 2.36. The molecule has 0 saturated heterocycles. The van der Waals surface area contributed by atoms with E-state index in [1.54, 1.807) is 13.8 Å². The first-order valence-electron chi connectivity index (χ1n) is 6.28. The molecule has 0 bridgehead atoms. The monoisotopic (exact) mass is 268 g/mol. The summed E-state index contributed by atoms with van der Waals surface area (Å²) >= 11 is 0. The van der Waals surface area contributed by atoms with Crippen LogP contribution >= 0.6 is 0 Å². The maximum atomic E-state index is 8.69. The summed E-state index contributed by atoms with van der Waals surface area (Å²) < 4.78 is 9.95. The van der Waals surface area contributed by atoms with E-state index in [1.165, 1.54) is 0 Å². The number of hydrogen-bond donors (Lipinski definition) is 4. The second-order valence-corrected chi connectivity index (χ2v) is 3.94. The van der Waals surface area contributed by atoms with Gasteiger partial charge in [-0.15, -0.1) is 0 Å². The Morgan fingerprint density at radius 2 is 1.44 bits per heavy atom. The van der Waals surface area contributed by atoms with Crippen LogP contribution in [0.25, 0.3) is 0 Å². The van der Waals surface area contributed by atoms with Gasteiger partial charge in [0, 0.05) is 26.4 Å². The average molecular weight is 268 g/mol. The highest BCUT2D eigenvalue weighted by atomic mass is 16.5. The van der Waals surface area contributed by atoms with E-state index in [9.17, 15) is 0 Å². The molecule has 0 aromatic rings. The standard InChI is InChI=1S/2C6H14O3/c1-5(8)4-9-6(2)3-7;7-3-1-5-9-6-2-4-8/h5-8H,3-4H2,1-2H3;7-8H,1-6H2. The Hall–Kier alpha value is -0.240. The molecule has 18 heavy (non-hydrogen) atoms. The summed E-state index contributed by atoms with van der Waals surface area (Å²) in [6.07, 6.45) is 0.759. The normalized spacial score (nSPS) is 13.7. The zero-order valence-corrected chi connectivity index (χ0v) is 11.4. The third-order valence-electron chi connectivity index (χ3n) is 1.77. The smallest absolute Gasteiger partial charge is 0.0779 e. The van der Waals surface area contributed by atoms with Crippen molar-refractivity contribution in [3.63, 3.8) is 0 Å². The predicted molar refractivity (Wildman–Crippen MR) is 68.4 cm³/mol. The molecule has 0 heterocycles. The fraction of sp³-hybridized carbons (Fsp3) is 1.00. The van der Waals surface area contributed by atoms with Crippen molar-refractivity contribution in [1.29, 1.82) is 0 Å². The number of aliphatic hydroxyl groups excluding tert-OH is 4. The highest BCUT2D eigenvalue weighted by Gasteiger charge is 2.00. The fourth-order valence-corrected chi connectivity index (χ4v) is 0.792. The van der Waals surface area contributed by atoms with E-state index in [-0.39, 0.29) is 25.9 Å². The van der Waals surface area contributed by atoms with E-state index in [0.29, 0.717) is 32.7 Å². The van der Waals surface area contributed by atoms with Crippen molar-refractivity contribution in [2.24, 2.45) is 0 Å². The fourth-order valence-electron chi connectivity index (χ4n) is 0.792. The van der Waals surface area contributed by atoms with Crippen LogP contribution in [0.4, 0.5) is 0 Å². The van der Waals surface area contributed by atoms with Crippen molar-refractivity contribution in [3.8, 4) is 0 Å².